The van der Waals surface area contributed by atoms with Crippen molar-refractivity contribution in [3.63, 3.8) is 0 Å². The van der Waals surface area contributed by atoms with Crippen LogP contribution in [0, 0.1) is 0 Å². The van der Waals surface area contributed by atoms with Crippen molar-refractivity contribution in [2.75, 3.05) is 0 Å². The molecule has 0 aromatic heterocycles. The second-order valence-corrected chi connectivity index (χ2v) is 27.0. The van der Waals surface area contributed by atoms with E-state index in [-0.39, 0.29) is 0 Å². The highest BCUT2D eigenvalue weighted by molar-refractivity contribution is 7.34. The van der Waals surface area contributed by atoms with E-state index in [0.29, 0.717) is 15.7 Å². The van der Waals surface area contributed by atoms with E-state index >= 15 is 0 Å². The summed E-state index contributed by atoms with van der Waals surface area (Å²) in [5.41, 5.74) is 0.418. The summed E-state index contributed by atoms with van der Waals surface area (Å²) in [4.78, 5) is 0. The van der Waals surface area contributed by atoms with Crippen LogP contribution in [0.3, 0.4) is 0 Å². The lowest BCUT2D eigenvalue weighted by molar-refractivity contribution is 0.444. The SMILES string of the molecule is CCCCCCCCC(N([Si](C)(C)C(C)(C)C)[Si](C)(C)C(C)(C)C)[SiH](Cl)Cl. The van der Waals surface area contributed by atoms with Gasteiger partial charge in [0.25, 0.3) is 7.42 Å². The van der Waals surface area contributed by atoms with Crippen molar-refractivity contribution in [2.45, 2.75) is 135 Å². The number of unbranched alkanes of at least 4 members (excludes halogenated alkanes) is 5. The Morgan fingerprint density at radius 1 is 0.741 bits per heavy atom. The van der Waals surface area contributed by atoms with E-state index < -0.39 is 23.9 Å². The van der Waals surface area contributed by atoms with Crippen LogP contribution in [0.4, 0.5) is 0 Å². The first-order valence-corrected chi connectivity index (χ1v) is 21.1. The zero-order valence-electron chi connectivity index (χ0n) is 20.3. The fraction of sp³-hybridized carbons (Fsp3) is 1.00. The molecule has 0 rings (SSSR count). The summed E-state index contributed by atoms with van der Waals surface area (Å²) in [6.07, 6.45) is 9.20. The van der Waals surface area contributed by atoms with Gasteiger partial charge in [0.05, 0.1) is 0 Å². The van der Waals surface area contributed by atoms with Gasteiger partial charge in [-0.2, -0.15) is 0 Å². The smallest absolute Gasteiger partial charge is 0.252 e. The van der Waals surface area contributed by atoms with Gasteiger partial charge in [-0.3, -0.25) is 0 Å². The van der Waals surface area contributed by atoms with Gasteiger partial charge in [0.15, 0.2) is 0 Å². The Morgan fingerprint density at radius 3 is 1.44 bits per heavy atom. The topological polar surface area (TPSA) is 3.24 Å². The Bertz CT molecular complexity index is 400. The predicted octanol–water partition coefficient (Wildman–Crippen LogP) is 8.66. The van der Waals surface area contributed by atoms with E-state index in [2.05, 4.69) is 78.9 Å². The summed E-state index contributed by atoms with van der Waals surface area (Å²) < 4.78 is 3.00. The van der Waals surface area contributed by atoms with E-state index in [4.69, 9.17) is 22.2 Å². The maximum absolute atomic E-state index is 6.82. The van der Waals surface area contributed by atoms with Gasteiger partial charge in [-0.15, -0.1) is 22.2 Å². The van der Waals surface area contributed by atoms with E-state index in [1.54, 1.807) is 0 Å². The largest absolute Gasteiger partial charge is 0.343 e. The molecule has 1 atom stereocenters. The molecule has 0 amide bonds. The van der Waals surface area contributed by atoms with Gasteiger partial charge in [0.2, 0.25) is 0 Å². The number of rotatable bonds is 11. The van der Waals surface area contributed by atoms with Crippen LogP contribution in [0.1, 0.15) is 93.4 Å². The molecule has 0 saturated carbocycles. The van der Waals surface area contributed by atoms with E-state index in [0.717, 1.165) is 0 Å². The average molecular weight is 471 g/mol. The standard InChI is InChI=1S/C21H49Cl2NSi3/c1-12-13-14-15-16-17-18-19(25(22)23)24(26(8,9)20(2,3)4)27(10,11)21(5,6)7/h19,25H,12-18H2,1-11H3. The highest BCUT2D eigenvalue weighted by Gasteiger charge is 2.55. The van der Waals surface area contributed by atoms with Gasteiger partial charge in [-0.05, 0) is 16.5 Å². The minimum atomic E-state index is -1.81. The second-order valence-electron chi connectivity index (χ2n) is 11.4. The van der Waals surface area contributed by atoms with Crippen molar-refractivity contribution < 1.29 is 0 Å². The van der Waals surface area contributed by atoms with Crippen molar-refractivity contribution in [3.8, 4) is 0 Å². The number of hydrogen-bond acceptors (Lipinski definition) is 1. The van der Waals surface area contributed by atoms with Gasteiger partial charge >= 0.3 is 0 Å². The summed E-state index contributed by atoms with van der Waals surface area (Å²) >= 11 is 13.6. The quantitative estimate of drug-likeness (QED) is 0.166. The second kappa shape index (κ2) is 11.0. The molecule has 1 nitrogen and oxygen atoms in total. The monoisotopic (exact) mass is 469 g/mol. The third-order valence-electron chi connectivity index (χ3n) is 7.35. The molecule has 164 valence electrons. The molecule has 0 radical (unpaired) electrons. The molecule has 0 fully saturated rings. The molecule has 1 unspecified atom stereocenters. The van der Waals surface area contributed by atoms with Crippen LogP contribution in [-0.4, -0.2) is 33.8 Å². The van der Waals surface area contributed by atoms with E-state index in [9.17, 15) is 0 Å². The van der Waals surface area contributed by atoms with Gasteiger partial charge < -0.3 is 4.23 Å². The lowest BCUT2D eigenvalue weighted by atomic mass is 10.1. The molecule has 27 heavy (non-hydrogen) atoms. The molecule has 0 aromatic carbocycles. The van der Waals surface area contributed by atoms with Gasteiger partial charge in [-0.25, -0.2) is 0 Å². The molecular formula is C21H49Cl2NSi3. The molecule has 0 spiro atoms. The Kier molecular flexibility index (Phi) is 11.5. The minimum absolute atomic E-state index is 0.305. The van der Waals surface area contributed by atoms with Crippen molar-refractivity contribution in [2.24, 2.45) is 0 Å². The van der Waals surface area contributed by atoms with Crippen LogP contribution in [0.15, 0.2) is 0 Å². The summed E-state index contributed by atoms with van der Waals surface area (Å²) in [6.45, 7) is 27.1. The normalized spacial score (nSPS) is 15.7. The molecule has 0 aromatic rings. The maximum Gasteiger partial charge on any atom is 0.252 e. The highest BCUT2D eigenvalue weighted by Crippen LogP contribution is 2.49. The third kappa shape index (κ3) is 7.75. The zero-order valence-corrected chi connectivity index (χ0v) is 25.0. The van der Waals surface area contributed by atoms with E-state index in [1.165, 1.54) is 44.9 Å². The molecule has 0 aliphatic heterocycles. The minimum Gasteiger partial charge on any atom is -0.343 e. The summed E-state index contributed by atoms with van der Waals surface area (Å²) in [7, 11) is -5.26. The van der Waals surface area contributed by atoms with Crippen LogP contribution in [0.25, 0.3) is 0 Å². The molecule has 0 N–H and O–H groups in total. The van der Waals surface area contributed by atoms with Gasteiger partial charge in [0.1, 0.15) is 16.5 Å². The Balaban J connectivity index is 5.72. The van der Waals surface area contributed by atoms with Crippen LogP contribution >= 0.6 is 22.2 Å². The fourth-order valence-electron chi connectivity index (χ4n) is 3.75. The molecule has 6 heteroatoms. The highest BCUT2D eigenvalue weighted by atomic mass is 35.7. The Morgan fingerprint density at radius 2 is 1.11 bits per heavy atom. The molecule has 0 heterocycles. The summed E-state index contributed by atoms with van der Waals surface area (Å²) in [5, 5.41) is 0.609. The van der Waals surface area contributed by atoms with Crippen LogP contribution < -0.4 is 0 Å². The van der Waals surface area contributed by atoms with Crippen LogP contribution in [-0.2, 0) is 0 Å². The first-order valence-electron chi connectivity index (χ1n) is 11.1. The number of hydrogen-bond donors (Lipinski definition) is 0. The summed E-state index contributed by atoms with van der Waals surface area (Å²) in [5.74, 6) is 0. The van der Waals surface area contributed by atoms with Gasteiger partial charge in [-0.1, -0.05) is 113 Å². The third-order valence-corrected chi connectivity index (χ3v) is 24.7. The van der Waals surface area contributed by atoms with Crippen LogP contribution in [0.2, 0.25) is 36.3 Å². The number of halogens is 2. The summed E-state index contributed by atoms with van der Waals surface area (Å²) in [6, 6.07) is 0. The average Bonchev–Trinajstić information content (AvgIpc) is 2.46. The van der Waals surface area contributed by atoms with Gasteiger partial charge in [0, 0.05) is 5.67 Å². The van der Waals surface area contributed by atoms with Crippen LogP contribution in [0.5, 0.6) is 0 Å². The molecule has 0 saturated heterocycles. The molecule has 0 aliphatic carbocycles. The first-order chi connectivity index (χ1) is 12.0. The van der Waals surface area contributed by atoms with Crippen molar-refractivity contribution in [1.82, 2.24) is 4.23 Å². The number of nitrogens with zero attached hydrogens (tertiary/aromatic N) is 1. The molecular weight excluding hydrogens is 421 g/mol. The van der Waals surface area contributed by atoms with Crippen molar-refractivity contribution in [1.29, 1.82) is 0 Å². The zero-order chi connectivity index (χ0) is 21.7. The predicted molar refractivity (Wildman–Crippen MR) is 137 cm³/mol. The van der Waals surface area contributed by atoms with E-state index in [1.807, 2.05) is 0 Å². The molecule has 0 bridgehead atoms. The Hall–Kier alpha value is 1.19. The van der Waals surface area contributed by atoms with Crippen molar-refractivity contribution >= 4 is 46.0 Å². The maximum atomic E-state index is 6.82. The molecule has 0 aliphatic rings. The first kappa shape index (κ1) is 28.2. The lowest BCUT2D eigenvalue weighted by Crippen LogP contribution is -2.72. The fourth-order valence-corrected chi connectivity index (χ4v) is 21.1. The lowest BCUT2D eigenvalue weighted by Gasteiger charge is -2.60. The Labute approximate surface area is 185 Å². The van der Waals surface area contributed by atoms with Crippen molar-refractivity contribution in [3.05, 3.63) is 0 Å².